The molecule has 0 spiro atoms. The molecule has 0 radical (unpaired) electrons. The molecular formula is C17H17NO3. The van der Waals surface area contributed by atoms with E-state index in [-0.39, 0.29) is 11.5 Å². The molecule has 0 aliphatic rings. The molecule has 0 fully saturated rings. The van der Waals surface area contributed by atoms with E-state index in [4.69, 9.17) is 4.74 Å². The maximum Gasteiger partial charge on any atom is 0.128 e. The molecule has 0 unspecified atom stereocenters. The highest BCUT2D eigenvalue weighted by molar-refractivity contribution is 5.82. The van der Waals surface area contributed by atoms with Crippen LogP contribution in [0.4, 0.5) is 0 Å². The van der Waals surface area contributed by atoms with E-state index >= 15 is 0 Å². The Morgan fingerprint density at radius 3 is 2.57 bits per heavy atom. The first-order valence-electron chi connectivity index (χ1n) is 6.90. The summed E-state index contributed by atoms with van der Waals surface area (Å²) in [4.78, 5) is 0. The Morgan fingerprint density at radius 2 is 1.81 bits per heavy atom. The topological polar surface area (TPSA) is 54.6 Å². The Kier molecular flexibility index (Phi) is 3.44. The zero-order chi connectivity index (χ0) is 14.8. The smallest absolute Gasteiger partial charge is 0.128 e. The lowest BCUT2D eigenvalue weighted by Gasteiger charge is -2.10. The zero-order valence-electron chi connectivity index (χ0n) is 11.8. The van der Waals surface area contributed by atoms with E-state index in [1.807, 2.05) is 18.2 Å². The molecule has 4 nitrogen and oxygen atoms in total. The van der Waals surface area contributed by atoms with E-state index in [9.17, 15) is 10.2 Å². The molecule has 0 aliphatic carbocycles. The van der Waals surface area contributed by atoms with Crippen LogP contribution in [-0.4, -0.2) is 14.8 Å². The number of phenols is 2. The summed E-state index contributed by atoms with van der Waals surface area (Å²) in [7, 11) is 0. The number of aromatic nitrogens is 1. The average Bonchev–Trinajstić information content (AvgIpc) is 2.81. The summed E-state index contributed by atoms with van der Waals surface area (Å²) < 4.78 is 7.88. The first-order valence-corrected chi connectivity index (χ1v) is 6.90. The summed E-state index contributed by atoms with van der Waals surface area (Å²) in [6, 6.07) is 14.1. The van der Waals surface area contributed by atoms with Gasteiger partial charge in [-0.15, -0.1) is 0 Å². The Balaban J connectivity index is 1.89. The van der Waals surface area contributed by atoms with E-state index in [1.54, 1.807) is 30.3 Å². The molecule has 2 aromatic carbocycles. The highest BCUT2D eigenvalue weighted by Gasteiger charge is 2.09. The number of fused-ring (bicyclic) bond motifs is 1. The number of aryl methyl sites for hydroxylation is 1. The number of benzene rings is 2. The second-order valence-electron chi connectivity index (χ2n) is 4.91. The third kappa shape index (κ3) is 2.65. The number of nitrogens with zero attached hydrogens (tertiary/aromatic N) is 1. The molecule has 1 aromatic heterocycles. The van der Waals surface area contributed by atoms with E-state index in [0.29, 0.717) is 12.4 Å². The largest absolute Gasteiger partial charge is 0.508 e. The fraction of sp³-hybridized carbons (Fsp3) is 0.176. The summed E-state index contributed by atoms with van der Waals surface area (Å²) in [5.41, 5.74) is 2.10. The fourth-order valence-corrected chi connectivity index (χ4v) is 2.54. The molecule has 0 atom stereocenters. The van der Waals surface area contributed by atoms with Gasteiger partial charge in [-0.05, 0) is 43.3 Å². The molecule has 21 heavy (non-hydrogen) atoms. The number of hydrogen-bond acceptors (Lipinski definition) is 3. The molecule has 3 rings (SSSR count). The monoisotopic (exact) mass is 283 g/mol. The van der Waals surface area contributed by atoms with Crippen molar-refractivity contribution in [3.63, 3.8) is 0 Å². The van der Waals surface area contributed by atoms with Gasteiger partial charge in [0, 0.05) is 23.5 Å². The third-order valence-electron chi connectivity index (χ3n) is 3.49. The normalized spacial score (nSPS) is 10.9. The van der Waals surface area contributed by atoms with Crippen molar-refractivity contribution in [1.82, 2.24) is 4.57 Å². The van der Waals surface area contributed by atoms with Gasteiger partial charge in [0.1, 0.15) is 23.9 Å². The first kappa shape index (κ1) is 13.4. The second kappa shape index (κ2) is 5.40. The van der Waals surface area contributed by atoms with Gasteiger partial charge in [-0.1, -0.05) is 6.07 Å². The maximum absolute atomic E-state index is 9.57. The lowest BCUT2D eigenvalue weighted by atomic mass is 10.2. The number of rotatable bonds is 4. The van der Waals surface area contributed by atoms with Crippen LogP contribution in [0.15, 0.2) is 48.5 Å². The molecule has 0 bridgehead atoms. The van der Waals surface area contributed by atoms with Gasteiger partial charge < -0.3 is 19.5 Å². The third-order valence-corrected chi connectivity index (χ3v) is 3.49. The van der Waals surface area contributed by atoms with E-state index < -0.39 is 0 Å². The molecule has 0 amide bonds. The van der Waals surface area contributed by atoms with Crippen molar-refractivity contribution in [2.75, 3.05) is 0 Å². The van der Waals surface area contributed by atoms with Gasteiger partial charge in [0.25, 0.3) is 0 Å². The van der Waals surface area contributed by atoms with Crippen molar-refractivity contribution in [3.05, 3.63) is 54.2 Å². The number of ether oxygens (including phenoxy) is 1. The predicted molar refractivity (Wildman–Crippen MR) is 81.7 cm³/mol. The van der Waals surface area contributed by atoms with Crippen molar-refractivity contribution >= 4 is 10.9 Å². The van der Waals surface area contributed by atoms with Crippen LogP contribution >= 0.6 is 0 Å². The van der Waals surface area contributed by atoms with Crippen molar-refractivity contribution in [3.8, 4) is 17.2 Å². The van der Waals surface area contributed by atoms with Crippen LogP contribution in [0.3, 0.4) is 0 Å². The van der Waals surface area contributed by atoms with Gasteiger partial charge in [0.2, 0.25) is 0 Å². The van der Waals surface area contributed by atoms with Gasteiger partial charge in [0.05, 0.1) is 5.69 Å². The van der Waals surface area contributed by atoms with Crippen molar-refractivity contribution in [2.24, 2.45) is 0 Å². The minimum absolute atomic E-state index is 0.188. The van der Waals surface area contributed by atoms with Gasteiger partial charge in [-0.3, -0.25) is 0 Å². The first-order chi connectivity index (χ1) is 10.2. The Morgan fingerprint density at radius 1 is 1.00 bits per heavy atom. The van der Waals surface area contributed by atoms with E-state index in [1.165, 1.54) is 0 Å². The Hall–Kier alpha value is -2.62. The van der Waals surface area contributed by atoms with E-state index in [0.717, 1.165) is 23.1 Å². The average molecular weight is 283 g/mol. The van der Waals surface area contributed by atoms with Gasteiger partial charge in [-0.25, -0.2) is 0 Å². The van der Waals surface area contributed by atoms with Crippen molar-refractivity contribution in [1.29, 1.82) is 0 Å². The van der Waals surface area contributed by atoms with Crippen LogP contribution < -0.4 is 4.74 Å². The molecular weight excluding hydrogens is 266 g/mol. The minimum atomic E-state index is 0.188. The maximum atomic E-state index is 9.57. The summed E-state index contributed by atoms with van der Waals surface area (Å²) in [6.07, 6.45) is 0. The fourth-order valence-electron chi connectivity index (χ4n) is 2.54. The standard InChI is InChI=1S/C17H17NO3/c1-2-18-13(8-12-9-15(20)6-7-17(12)18)11-21-16-5-3-4-14(19)10-16/h3-10,19-20H,2,11H2,1H3. The zero-order valence-corrected chi connectivity index (χ0v) is 11.8. The molecule has 0 aliphatic heterocycles. The minimum Gasteiger partial charge on any atom is -0.508 e. The molecule has 3 aromatic rings. The molecule has 108 valence electrons. The van der Waals surface area contributed by atoms with E-state index in [2.05, 4.69) is 11.5 Å². The summed E-state index contributed by atoms with van der Waals surface area (Å²) in [5, 5.41) is 20.0. The molecule has 4 heteroatoms. The Bertz CT molecular complexity index is 777. The van der Waals surface area contributed by atoms with Crippen LogP contribution in [0.1, 0.15) is 12.6 Å². The van der Waals surface area contributed by atoms with Crippen molar-refractivity contribution in [2.45, 2.75) is 20.1 Å². The van der Waals surface area contributed by atoms with Crippen molar-refractivity contribution < 1.29 is 14.9 Å². The van der Waals surface area contributed by atoms with Crippen LogP contribution in [0.5, 0.6) is 17.2 Å². The summed E-state index contributed by atoms with van der Waals surface area (Å²) >= 11 is 0. The summed E-state index contributed by atoms with van der Waals surface area (Å²) in [5.74, 6) is 1.08. The number of hydrogen-bond donors (Lipinski definition) is 2. The van der Waals surface area contributed by atoms with Crippen LogP contribution in [0.2, 0.25) is 0 Å². The summed E-state index contributed by atoms with van der Waals surface area (Å²) in [6.45, 7) is 3.31. The highest BCUT2D eigenvalue weighted by Crippen LogP contribution is 2.25. The molecule has 2 N–H and O–H groups in total. The van der Waals surface area contributed by atoms with Gasteiger partial charge in [0.15, 0.2) is 0 Å². The second-order valence-corrected chi connectivity index (χ2v) is 4.91. The molecule has 0 saturated carbocycles. The SMILES string of the molecule is CCn1c(COc2cccc(O)c2)cc2cc(O)ccc21. The Labute approximate surface area is 122 Å². The molecule has 0 saturated heterocycles. The van der Waals surface area contributed by atoms with Crippen LogP contribution in [-0.2, 0) is 13.2 Å². The van der Waals surface area contributed by atoms with Gasteiger partial charge >= 0.3 is 0 Å². The quantitative estimate of drug-likeness (QED) is 0.768. The lowest BCUT2D eigenvalue weighted by molar-refractivity contribution is 0.294. The molecule has 1 heterocycles. The van der Waals surface area contributed by atoms with Crippen LogP contribution in [0, 0.1) is 0 Å². The number of aromatic hydroxyl groups is 2. The van der Waals surface area contributed by atoms with Gasteiger partial charge in [-0.2, -0.15) is 0 Å². The number of phenolic OH excluding ortho intramolecular Hbond substituents is 2. The highest BCUT2D eigenvalue weighted by atomic mass is 16.5. The predicted octanol–water partition coefficient (Wildman–Crippen LogP) is 3.65. The lowest BCUT2D eigenvalue weighted by Crippen LogP contribution is -2.04. The van der Waals surface area contributed by atoms with Crippen LogP contribution in [0.25, 0.3) is 10.9 Å².